The van der Waals surface area contributed by atoms with E-state index in [1.54, 1.807) is 4.90 Å². The standard InChI is InChI=1S/C17H24N2O3/c1-2-16(21)19-11-7-6-10-15(19)17(22)18-14(12-20)13-8-4-3-5-9-13/h3-5,8-9,14-15,20H,2,6-7,10-12H2,1H3,(H,18,22)/t14-,15?/m1/s1. The normalized spacial score (nSPS) is 19.5. The first-order chi connectivity index (χ1) is 10.7. The molecule has 0 saturated carbocycles. The zero-order valence-corrected chi connectivity index (χ0v) is 13.0. The fourth-order valence-corrected chi connectivity index (χ4v) is 2.89. The molecule has 1 aromatic rings. The fraction of sp³-hybridized carbons (Fsp3) is 0.529. The lowest BCUT2D eigenvalue weighted by atomic mass is 9.99. The van der Waals surface area contributed by atoms with Gasteiger partial charge in [0, 0.05) is 13.0 Å². The predicted molar refractivity (Wildman–Crippen MR) is 84.1 cm³/mol. The Kier molecular flexibility index (Phi) is 5.95. The average molecular weight is 304 g/mol. The summed E-state index contributed by atoms with van der Waals surface area (Å²) in [6.07, 6.45) is 2.98. The Labute approximate surface area is 131 Å². The van der Waals surface area contributed by atoms with Crippen LogP contribution in [0.25, 0.3) is 0 Å². The molecule has 2 rings (SSSR count). The lowest BCUT2D eigenvalue weighted by Gasteiger charge is -2.35. The van der Waals surface area contributed by atoms with E-state index < -0.39 is 12.1 Å². The minimum absolute atomic E-state index is 0.0140. The molecule has 1 aliphatic heterocycles. The van der Waals surface area contributed by atoms with Gasteiger partial charge in [0.2, 0.25) is 11.8 Å². The van der Waals surface area contributed by atoms with Crippen LogP contribution in [-0.4, -0.2) is 41.0 Å². The van der Waals surface area contributed by atoms with E-state index >= 15 is 0 Å². The van der Waals surface area contributed by atoms with Crippen molar-refractivity contribution in [2.24, 2.45) is 0 Å². The Morgan fingerprint density at radius 1 is 1.32 bits per heavy atom. The van der Waals surface area contributed by atoms with Crippen molar-refractivity contribution in [3.63, 3.8) is 0 Å². The highest BCUT2D eigenvalue weighted by Gasteiger charge is 2.32. The highest BCUT2D eigenvalue weighted by atomic mass is 16.3. The Hall–Kier alpha value is -1.88. The molecule has 0 spiro atoms. The minimum atomic E-state index is -0.436. The van der Waals surface area contributed by atoms with Crippen LogP contribution in [0.5, 0.6) is 0 Å². The molecule has 5 nitrogen and oxygen atoms in total. The second-order valence-electron chi connectivity index (χ2n) is 5.61. The van der Waals surface area contributed by atoms with Crippen molar-refractivity contribution in [1.82, 2.24) is 10.2 Å². The predicted octanol–water partition coefficient (Wildman–Crippen LogP) is 1.63. The largest absolute Gasteiger partial charge is 0.394 e. The third kappa shape index (κ3) is 3.85. The van der Waals surface area contributed by atoms with E-state index in [0.29, 0.717) is 19.4 Å². The van der Waals surface area contributed by atoms with Crippen LogP contribution >= 0.6 is 0 Å². The Morgan fingerprint density at radius 3 is 2.68 bits per heavy atom. The molecule has 22 heavy (non-hydrogen) atoms. The molecule has 0 aliphatic carbocycles. The van der Waals surface area contributed by atoms with Gasteiger partial charge in [-0.15, -0.1) is 0 Å². The topological polar surface area (TPSA) is 69.6 Å². The molecule has 1 unspecified atom stereocenters. The number of likely N-dealkylation sites (tertiary alicyclic amines) is 1. The summed E-state index contributed by atoms with van der Waals surface area (Å²) in [7, 11) is 0. The lowest BCUT2D eigenvalue weighted by molar-refractivity contribution is -0.142. The van der Waals surface area contributed by atoms with Crippen molar-refractivity contribution >= 4 is 11.8 Å². The molecule has 0 radical (unpaired) electrons. The number of carbonyl (C=O) groups excluding carboxylic acids is 2. The molecule has 1 saturated heterocycles. The van der Waals surface area contributed by atoms with Crippen molar-refractivity contribution < 1.29 is 14.7 Å². The molecule has 5 heteroatoms. The molecule has 120 valence electrons. The van der Waals surface area contributed by atoms with E-state index in [-0.39, 0.29) is 18.4 Å². The fourth-order valence-electron chi connectivity index (χ4n) is 2.89. The van der Waals surface area contributed by atoms with Crippen molar-refractivity contribution in [3.8, 4) is 0 Å². The summed E-state index contributed by atoms with van der Waals surface area (Å²) < 4.78 is 0. The number of hydrogen-bond donors (Lipinski definition) is 2. The SMILES string of the molecule is CCC(=O)N1CCCCC1C(=O)N[C@H](CO)c1ccccc1. The van der Waals surface area contributed by atoms with Gasteiger partial charge >= 0.3 is 0 Å². The van der Waals surface area contributed by atoms with Gasteiger partial charge in [-0.25, -0.2) is 0 Å². The zero-order valence-electron chi connectivity index (χ0n) is 13.0. The van der Waals surface area contributed by atoms with Gasteiger partial charge in [-0.1, -0.05) is 37.3 Å². The number of nitrogens with zero attached hydrogens (tertiary/aromatic N) is 1. The number of hydrogen-bond acceptors (Lipinski definition) is 3. The summed E-state index contributed by atoms with van der Waals surface area (Å²) in [5.74, 6) is -0.162. The van der Waals surface area contributed by atoms with Crippen LogP contribution in [0.4, 0.5) is 0 Å². The number of carbonyl (C=O) groups is 2. The second-order valence-corrected chi connectivity index (χ2v) is 5.61. The van der Waals surface area contributed by atoms with Crippen molar-refractivity contribution in [2.45, 2.75) is 44.7 Å². The van der Waals surface area contributed by atoms with Crippen LogP contribution in [0, 0.1) is 0 Å². The maximum atomic E-state index is 12.6. The molecule has 0 aromatic heterocycles. The van der Waals surface area contributed by atoms with Crippen molar-refractivity contribution in [1.29, 1.82) is 0 Å². The lowest BCUT2D eigenvalue weighted by Crippen LogP contribution is -2.52. The smallest absolute Gasteiger partial charge is 0.243 e. The van der Waals surface area contributed by atoms with Gasteiger partial charge in [-0.3, -0.25) is 9.59 Å². The van der Waals surface area contributed by atoms with Gasteiger partial charge in [0.25, 0.3) is 0 Å². The molecule has 1 aromatic carbocycles. The maximum absolute atomic E-state index is 12.6. The highest BCUT2D eigenvalue weighted by molar-refractivity contribution is 5.88. The first kappa shape index (κ1) is 16.5. The summed E-state index contributed by atoms with van der Waals surface area (Å²) in [6, 6.07) is 8.53. The summed E-state index contributed by atoms with van der Waals surface area (Å²) >= 11 is 0. The summed E-state index contributed by atoms with van der Waals surface area (Å²) in [5.41, 5.74) is 0.863. The molecule has 0 bridgehead atoms. The number of benzene rings is 1. The Bertz CT molecular complexity index is 504. The first-order valence-electron chi connectivity index (χ1n) is 7.93. The average Bonchev–Trinajstić information content (AvgIpc) is 2.59. The highest BCUT2D eigenvalue weighted by Crippen LogP contribution is 2.20. The molecular weight excluding hydrogens is 280 g/mol. The number of rotatable bonds is 5. The van der Waals surface area contributed by atoms with Gasteiger partial charge < -0.3 is 15.3 Å². The monoisotopic (exact) mass is 304 g/mol. The van der Waals surface area contributed by atoms with Crippen LogP contribution < -0.4 is 5.32 Å². The van der Waals surface area contributed by atoms with E-state index in [0.717, 1.165) is 18.4 Å². The third-order valence-corrected chi connectivity index (χ3v) is 4.13. The summed E-state index contributed by atoms with van der Waals surface area (Å²) in [4.78, 5) is 26.2. The van der Waals surface area contributed by atoms with E-state index in [2.05, 4.69) is 5.32 Å². The first-order valence-corrected chi connectivity index (χ1v) is 7.93. The molecule has 1 aliphatic rings. The number of aliphatic hydroxyl groups is 1. The number of nitrogens with one attached hydrogen (secondary N) is 1. The van der Waals surface area contributed by atoms with Crippen molar-refractivity contribution in [3.05, 3.63) is 35.9 Å². The molecule has 2 N–H and O–H groups in total. The van der Waals surface area contributed by atoms with E-state index in [9.17, 15) is 14.7 Å². The molecule has 1 fully saturated rings. The zero-order chi connectivity index (χ0) is 15.9. The molecule has 2 amide bonds. The van der Waals surface area contributed by atoms with Crippen molar-refractivity contribution in [2.75, 3.05) is 13.2 Å². The van der Waals surface area contributed by atoms with Gasteiger partial charge in [0.1, 0.15) is 6.04 Å². The van der Waals surface area contributed by atoms with Gasteiger partial charge in [0.05, 0.1) is 12.6 Å². The third-order valence-electron chi connectivity index (χ3n) is 4.13. The van der Waals surface area contributed by atoms with Crippen LogP contribution in [0.3, 0.4) is 0 Å². The number of aliphatic hydroxyl groups excluding tert-OH is 1. The quantitative estimate of drug-likeness (QED) is 0.868. The van der Waals surface area contributed by atoms with Crippen LogP contribution in [-0.2, 0) is 9.59 Å². The van der Waals surface area contributed by atoms with Crippen LogP contribution in [0.2, 0.25) is 0 Å². The van der Waals surface area contributed by atoms with E-state index in [1.807, 2.05) is 37.3 Å². The van der Waals surface area contributed by atoms with Gasteiger partial charge in [-0.05, 0) is 24.8 Å². The number of piperidine rings is 1. The van der Waals surface area contributed by atoms with Gasteiger partial charge in [0.15, 0.2) is 0 Å². The van der Waals surface area contributed by atoms with Crippen LogP contribution in [0.1, 0.15) is 44.2 Å². The molecule has 2 atom stereocenters. The molecule has 1 heterocycles. The van der Waals surface area contributed by atoms with Gasteiger partial charge in [-0.2, -0.15) is 0 Å². The summed E-state index contributed by atoms with van der Waals surface area (Å²) in [5, 5.41) is 12.4. The van der Waals surface area contributed by atoms with E-state index in [1.165, 1.54) is 0 Å². The minimum Gasteiger partial charge on any atom is -0.394 e. The molecular formula is C17H24N2O3. The second kappa shape index (κ2) is 7.94. The summed E-state index contributed by atoms with van der Waals surface area (Å²) in [6.45, 7) is 2.29. The maximum Gasteiger partial charge on any atom is 0.243 e. The van der Waals surface area contributed by atoms with Crippen LogP contribution in [0.15, 0.2) is 30.3 Å². The number of amides is 2. The van der Waals surface area contributed by atoms with E-state index in [4.69, 9.17) is 0 Å². The Morgan fingerprint density at radius 2 is 2.05 bits per heavy atom. The Balaban J connectivity index is 2.07.